The summed E-state index contributed by atoms with van der Waals surface area (Å²) in [5, 5.41) is 10.0. The Hall–Kier alpha value is -2.26. The van der Waals surface area contributed by atoms with E-state index in [1.165, 1.54) is 70.6 Å². The molecule has 0 radical (unpaired) electrons. The van der Waals surface area contributed by atoms with Crippen molar-refractivity contribution in [2.45, 2.75) is 154 Å². The first kappa shape index (κ1) is 51.7. The molecule has 54 heavy (non-hydrogen) atoms. The summed E-state index contributed by atoms with van der Waals surface area (Å²) in [5.74, 6) is -0.421. The maximum absolute atomic E-state index is 12.6. The van der Waals surface area contributed by atoms with E-state index in [4.69, 9.17) is 18.5 Å². The molecule has 0 aliphatic rings. The van der Waals surface area contributed by atoms with E-state index < -0.39 is 26.0 Å². The van der Waals surface area contributed by atoms with Crippen molar-refractivity contribution >= 4 is 13.8 Å². The van der Waals surface area contributed by atoms with Crippen LogP contribution in [0.4, 0.5) is 0 Å². The van der Waals surface area contributed by atoms with Crippen LogP contribution >= 0.6 is 7.82 Å². The van der Waals surface area contributed by atoms with Crippen molar-refractivity contribution in [1.82, 2.24) is 0 Å². The molecule has 0 aromatic heterocycles. The third-order valence-corrected chi connectivity index (χ3v) is 9.41. The summed E-state index contributed by atoms with van der Waals surface area (Å²) in [6, 6.07) is 0. The number of allylic oxidation sites excluding steroid dienone is 9. The Balaban J connectivity index is 4.51. The van der Waals surface area contributed by atoms with Crippen LogP contribution in [-0.4, -0.2) is 80.2 Å². The third-order valence-electron chi connectivity index (χ3n) is 8.43. The maximum atomic E-state index is 12.6. The lowest BCUT2D eigenvalue weighted by Gasteiger charge is -2.24. The van der Waals surface area contributed by atoms with Crippen LogP contribution in [-0.2, 0) is 27.9 Å². The van der Waals surface area contributed by atoms with Gasteiger partial charge in [0.05, 0.1) is 40.1 Å². The fourth-order valence-electron chi connectivity index (χ4n) is 5.17. The molecule has 312 valence electrons. The number of likely N-dealkylation sites (N-methyl/N-ethyl adjacent to an activating group) is 1. The molecule has 0 heterocycles. The Labute approximate surface area is 330 Å². The first-order chi connectivity index (χ1) is 26.0. The highest BCUT2D eigenvalue weighted by molar-refractivity contribution is 7.47. The van der Waals surface area contributed by atoms with Gasteiger partial charge in [-0.1, -0.05) is 145 Å². The van der Waals surface area contributed by atoms with Crippen molar-refractivity contribution < 1.29 is 42.4 Å². The number of ether oxygens (including phenoxy) is 2. The lowest BCUT2D eigenvalue weighted by atomic mass is 10.0. The van der Waals surface area contributed by atoms with Crippen LogP contribution in [0.3, 0.4) is 0 Å². The summed E-state index contributed by atoms with van der Waals surface area (Å²) < 4.78 is 34.6. The molecule has 10 heteroatoms. The standard InChI is InChI=1S/C44H78NO8P/c1-6-8-10-12-14-15-16-17-18-19-22-25-29-33-38-50-40-43(41-52-54(48,49)51-39-37-45(3,4)5)53-44(47)36-32-28-24-21-20-23-27-31-35-42(46)34-30-26-13-11-9-7-2/h9,11,21,23-24,26-27,30-31,33,35,38,42-43,46H,6-8,10,12-20,22,25,28-29,32,34,36-37,39-41H2,1-5H3/p+1/b11-9-,24-21-,27-23-,30-26-,35-31+,38-33+/t42?,43-/m1/s1. The van der Waals surface area contributed by atoms with Gasteiger partial charge in [0, 0.05) is 6.42 Å². The number of nitrogens with zero attached hydrogens (tertiary/aromatic N) is 1. The van der Waals surface area contributed by atoms with E-state index in [2.05, 4.69) is 32.1 Å². The second kappa shape index (κ2) is 36.4. The van der Waals surface area contributed by atoms with E-state index in [1.54, 1.807) is 12.3 Å². The van der Waals surface area contributed by atoms with Crippen LogP contribution < -0.4 is 0 Å². The van der Waals surface area contributed by atoms with Crippen molar-refractivity contribution in [3.8, 4) is 0 Å². The Bertz CT molecular complexity index is 1110. The zero-order valence-electron chi connectivity index (χ0n) is 34.8. The molecule has 0 saturated carbocycles. The second-order valence-corrected chi connectivity index (χ2v) is 16.4. The van der Waals surface area contributed by atoms with Gasteiger partial charge in [0.25, 0.3) is 0 Å². The third kappa shape index (κ3) is 39.4. The Morgan fingerprint density at radius 1 is 0.704 bits per heavy atom. The van der Waals surface area contributed by atoms with Gasteiger partial charge in [0.15, 0.2) is 6.10 Å². The number of unbranched alkanes of at least 4 members (excludes halogenated alkanes) is 13. The number of quaternary nitrogens is 1. The van der Waals surface area contributed by atoms with Crippen molar-refractivity contribution in [2.75, 3.05) is 47.5 Å². The summed E-state index contributed by atoms with van der Waals surface area (Å²) in [6.45, 7) is 4.63. The number of phosphoric ester groups is 1. The smallest absolute Gasteiger partial charge is 0.472 e. The van der Waals surface area contributed by atoms with E-state index >= 15 is 0 Å². The lowest BCUT2D eigenvalue weighted by Crippen LogP contribution is -2.37. The molecule has 0 aromatic carbocycles. The number of rotatable bonds is 37. The number of hydrogen-bond donors (Lipinski definition) is 2. The van der Waals surface area contributed by atoms with E-state index in [1.807, 2.05) is 63.7 Å². The molecule has 0 amide bonds. The number of carbonyl (C=O) groups excluding carboxylic acids is 1. The van der Waals surface area contributed by atoms with Crippen molar-refractivity contribution in [3.63, 3.8) is 0 Å². The fraction of sp³-hybridized carbons (Fsp3) is 0.705. The summed E-state index contributed by atoms with van der Waals surface area (Å²) in [6.07, 6.45) is 43.5. The highest BCUT2D eigenvalue weighted by Crippen LogP contribution is 2.43. The van der Waals surface area contributed by atoms with Gasteiger partial charge in [-0.3, -0.25) is 13.8 Å². The molecule has 2 unspecified atom stereocenters. The number of aliphatic hydroxyl groups excluding tert-OH is 1. The van der Waals surface area contributed by atoms with Gasteiger partial charge in [0.2, 0.25) is 0 Å². The SMILES string of the molecule is CC/C=C\C/C=C\CC(O)/C=C/C=C\C/C=C\CCCC(=O)O[C@H](CO/C=C/CCCCCCCCCCCCCC)COP(=O)(O)OCC[N+](C)(C)C. The summed E-state index contributed by atoms with van der Waals surface area (Å²) >= 11 is 0. The van der Waals surface area contributed by atoms with Crippen LogP contribution in [0.15, 0.2) is 73.1 Å². The van der Waals surface area contributed by atoms with Crippen molar-refractivity contribution in [3.05, 3.63) is 73.1 Å². The van der Waals surface area contributed by atoms with Gasteiger partial charge in [0.1, 0.15) is 19.8 Å². The molecule has 2 N–H and O–H groups in total. The fourth-order valence-corrected chi connectivity index (χ4v) is 5.91. The zero-order valence-corrected chi connectivity index (χ0v) is 35.7. The summed E-state index contributed by atoms with van der Waals surface area (Å²) in [7, 11) is 1.55. The minimum atomic E-state index is -4.32. The highest BCUT2D eigenvalue weighted by Gasteiger charge is 2.26. The first-order valence-corrected chi connectivity index (χ1v) is 22.3. The van der Waals surface area contributed by atoms with Gasteiger partial charge < -0.3 is 24.0 Å². The van der Waals surface area contributed by atoms with Gasteiger partial charge in [-0.15, -0.1) is 0 Å². The number of esters is 1. The number of phosphoric acid groups is 1. The van der Waals surface area contributed by atoms with E-state index in [0.29, 0.717) is 30.3 Å². The zero-order chi connectivity index (χ0) is 40.0. The van der Waals surface area contributed by atoms with Crippen LogP contribution in [0.5, 0.6) is 0 Å². The lowest BCUT2D eigenvalue weighted by molar-refractivity contribution is -0.870. The number of carbonyl (C=O) groups is 1. The predicted octanol–water partition coefficient (Wildman–Crippen LogP) is 11.3. The second-order valence-electron chi connectivity index (χ2n) is 14.9. The summed E-state index contributed by atoms with van der Waals surface area (Å²) in [4.78, 5) is 22.8. The van der Waals surface area contributed by atoms with E-state index in [-0.39, 0.29) is 26.2 Å². The summed E-state index contributed by atoms with van der Waals surface area (Å²) in [5.41, 5.74) is 0. The van der Waals surface area contributed by atoms with Gasteiger partial charge in [-0.05, 0) is 57.4 Å². The minimum Gasteiger partial charge on any atom is -0.498 e. The first-order valence-electron chi connectivity index (χ1n) is 20.8. The molecule has 0 aromatic rings. The molecule has 3 atom stereocenters. The van der Waals surface area contributed by atoms with Gasteiger partial charge in [-0.25, -0.2) is 4.57 Å². The van der Waals surface area contributed by atoms with Crippen LogP contribution in [0, 0.1) is 0 Å². The molecular weight excluding hydrogens is 701 g/mol. The van der Waals surface area contributed by atoms with Gasteiger partial charge in [-0.2, -0.15) is 0 Å². The van der Waals surface area contributed by atoms with E-state index in [0.717, 1.165) is 32.1 Å². The Kier molecular flexibility index (Phi) is 34.9. The number of hydrogen-bond acceptors (Lipinski definition) is 7. The Morgan fingerprint density at radius 2 is 1.31 bits per heavy atom. The molecule has 0 aliphatic carbocycles. The van der Waals surface area contributed by atoms with Crippen molar-refractivity contribution in [2.24, 2.45) is 0 Å². The van der Waals surface area contributed by atoms with Crippen LogP contribution in [0.25, 0.3) is 0 Å². The molecule has 9 nitrogen and oxygen atoms in total. The molecule has 0 aliphatic heterocycles. The average molecular weight is 781 g/mol. The Morgan fingerprint density at radius 3 is 1.98 bits per heavy atom. The van der Waals surface area contributed by atoms with E-state index in [9.17, 15) is 19.4 Å². The molecule has 0 rings (SSSR count). The quantitative estimate of drug-likeness (QED) is 0.0122. The molecule has 0 saturated heterocycles. The van der Waals surface area contributed by atoms with Crippen LogP contribution in [0.1, 0.15) is 142 Å². The normalized spacial score (nSPS) is 15.1. The largest absolute Gasteiger partial charge is 0.498 e. The topological polar surface area (TPSA) is 112 Å². The minimum absolute atomic E-state index is 0.00458. The maximum Gasteiger partial charge on any atom is 0.472 e. The average Bonchev–Trinajstić information content (AvgIpc) is 3.11. The van der Waals surface area contributed by atoms with Gasteiger partial charge >= 0.3 is 13.8 Å². The molecule has 0 fully saturated rings. The van der Waals surface area contributed by atoms with Crippen molar-refractivity contribution in [1.29, 1.82) is 0 Å². The monoisotopic (exact) mass is 781 g/mol. The molecular formula is C44H79NO8P+. The predicted molar refractivity (Wildman–Crippen MR) is 225 cm³/mol. The van der Waals surface area contributed by atoms with Crippen LogP contribution in [0.2, 0.25) is 0 Å². The molecule has 0 bridgehead atoms. The number of aliphatic hydroxyl groups is 1. The highest BCUT2D eigenvalue weighted by atomic mass is 31.2. The molecule has 0 spiro atoms.